The van der Waals surface area contributed by atoms with Crippen molar-refractivity contribution < 1.29 is 18.3 Å². The lowest BCUT2D eigenvalue weighted by molar-refractivity contribution is 0.138. The molecule has 0 aromatic heterocycles. The molecule has 0 aliphatic heterocycles. The van der Waals surface area contributed by atoms with Crippen molar-refractivity contribution in [2.24, 2.45) is 5.92 Å². The highest BCUT2D eigenvalue weighted by Gasteiger charge is 2.33. The van der Waals surface area contributed by atoms with Crippen molar-refractivity contribution >= 4 is 10.0 Å². The fraction of sp³-hybridized carbons (Fsp3) is 0.600. The van der Waals surface area contributed by atoms with Crippen LogP contribution in [0.2, 0.25) is 0 Å². The summed E-state index contributed by atoms with van der Waals surface area (Å²) in [6.07, 6.45) is 0. The monoisotopic (exact) mass is 315 g/mol. The lowest BCUT2D eigenvalue weighted by Gasteiger charge is -2.32. The summed E-state index contributed by atoms with van der Waals surface area (Å²) < 4.78 is 31.7. The van der Waals surface area contributed by atoms with E-state index in [2.05, 4.69) is 0 Å². The lowest BCUT2D eigenvalue weighted by atomic mass is 10.1. The first-order valence-electron chi connectivity index (χ1n) is 6.94. The van der Waals surface area contributed by atoms with Crippen LogP contribution in [0.5, 0.6) is 5.75 Å². The summed E-state index contributed by atoms with van der Waals surface area (Å²) >= 11 is 0. The van der Waals surface area contributed by atoms with E-state index in [-0.39, 0.29) is 11.5 Å². The number of benzene rings is 1. The molecule has 0 atom stereocenters. The van der Waals surface area contributed by atoms with Gasteiger partial charge in [0.05, 0.1) is 23.6 Å². The maximum Gasteiger partial charge on any atom is 0.243 e. The summed E-state index contributed by atoms with van der Waals surface area (Å²) in [6.45, 7) is 7.77. The maximum atomic E-state index is 12.5. The van der Waals surface area contributed by atoms with E-state index >= 15 is 0 Å². The second kappa shape index (κ2) is 6.77. The standard InChI is InChI=1S/C15H25NO4S/c1-12(2)10-20-13-6-8-14(9-7-13)21(18,19)16(5)15(3,4)11-17/h6-9,12,17H,10-11H2,1-5H3. The summed E-state index contributed by atoms with van der Waals surface area (Å²) in [7, 11) is -2.17. The normalized spacial score (nSPS) is 13.0. The van der Waals surface area contributed by atoms with E-state index in [0.717, 1.165) is 0 Å². The van der Waals surface area contributed by atoms with Crippen molar-refractivity contribution in [1.82, 2.24) is 4.31 Å². The second-order valence-electron chi connectivity index (χ2n) is 6.12. The summed E-state index contributed by atoms with van der Waals surface area (Å²) in [6, 6.07) is 6.34. The van der Waals surface area contributed by atoms with E-state index < -0.39 is 15.6 Å². The highest BCUT2D eigenvalue weighted by Crippen LogP contribution is 2.24. The molecule has 1 aromatic rings. The van der Waals surface area contributed by atoms with Gasteiger partial charge in [0.15, 0.2) is 0 Å². The van der Waals surface area contributed by atoms with Gasteiger partial charge in [-0.15, -0.1) is 0 Å². The first kappa shape index (κ1) is 17.9. The van der Waals surface area contributed by atoms with Gasteiger partial charge in [-0.1, -0.05) is 13.8 Å². The molecule has 0 radical (unpaired) electrons. The van der Waals surface area contributed by atoms with E-state index in [1.54, 1.807) is 26.0 Å². The zero-order chi connectivity index (χ0) is 16.3. The van der Waals surface area contributed by atoms with Gasteiger partial charge in [-0.2, -0.15) is 4.31 Å². The average molecular weight is 315 g/mol. The van der Waals surface area contributed by atoms with Gasteiger partial charge in [0, 0.05) is 7.05 Å². The molecule has 1 N–H and O–H groups in total. The van der Waals surface area contributed by atoms with E-state index in [4.69, 9.17) is 4.74 Å². The highest BCUT2D eigenvalue weighted by atomic mass is 32.2. The number of aliphatic hydroxyl groups is 1. The van der Waals surface area contributed by atoms with E-state index in [1.165, 1.54) is 23.5 Å². The minimum atomic E-state index is -3.64. The first-order chi connectivity index (χ1) is 9.61. The van der Waals surface area contributed by atoms with Gasteiger partial charge in [0.1, 0.15) is 5.75 Å². The Morgan fingerprint density at radius 3 is 2.19 bits per heavy atom. The van der Waals surface area contributed by atoms with Crippen LogP contribution in [0, 0.1) is 5.92 Å². The number of sulfonamides is 1. The summed E-state index contributed by atoms with van der Waals surface area (Å²) in [5.74, 6) is 1.05. The molecule has 0 amide bonds. The number of likely N-dealkylation sites (N-methyl/N-ethyl adjacent to an activating group) is 1. The Morgan fingerprint density at radius 2 is 1.76 bits per heavy atom. The molecule has 0 spiro atoms. The average Bonchev–Trinajstić information content (AvgIpc) is 2.44. The molecule has 0 aliphatic rings. The SMILES string of the molecule is CC(C)COc1ccc(S(=O)(=O)N(C)C(C)(C)CO)cc1. The summed E-state index contributed by atoms with van der Waals surface area (Å²) in [5, 5.41) is 9.31. The van der Waals surface area contributed by atoms with Crippen LogP contribution in [0.1, 0.15) is 27.7 Å². The quantitative estimate of drug-likeness (QED) is 0.837. The summed E-state index contributed by atoms with van der Waals surface area (Å²) in [5.41, 5.74) is -0.856. The molecular weight excluding hydrogens is 290 g/mol. The van der Waals surface area contributed by atoms with Gasteiger partial charge >= 0.3 is 0 Å². The number of aliphatic hydroxyl groups excluding tert-OH is 1. The van der Waals surface area contributed by atoms with Crippen molar-refractivity contribution in [2.75, 3.05) is 20.3 Å². The smallest absolute Gasteiger partial charge is 0.243 e. The van der Waals surface area contributed by atoms with Gasteiger partial charge in [0.2, 0.25) is 10.0 Å². The van der Waals surface area contributed by atoms with Crippen LogP contribution in [-0.2, 0) is 10.0 Å². The van der Waals surface area contributed by atoms with Gasteiger partial charge in [-0.25, -0.2) is 8.42 Å². The number of rotatable bonds is 7. The van der Waals surface area contributed by atoms with Crippen LogP contribution in [0.4, 0.5) is 0 Å². The molecule has 0 saturated carbocycles. The number of hydrogen-bond donors (Lipinski definition) is 1. The Bertz CT molecular complexity index is 550. The number of hydrogen-bond acceptors (Lipinski definition) is 4. The van der Waals surface area contributed by atoms with Crippen LogP contribution in [0.25, 0.3) is 0 Å². The van der Waals surface area contributed by atoms with Crippen LogP contribution in [0.3, 0.4) is 0 Å². The minimum Gasteiger partial charge on any atom is -0.493 e. The molecule has 0 bridgehead atoms. The zero-order valence-electron chi connectivity index (χ0n) is 13.3. The van der Waals surface area contributed by atoms with Gasteiger partial charge in [0.25, 0.3) is 0 Å². The maximum absolute atomic E-state index is 12.5. The highest BCUT2D eigenvalue weighted by molar-refractivity contribution is 7.89. The fourth-order valence-corrected chi connectivity index (χ4v) is 3.06. The minimum absolute atomic E-state index is 0.184. The Hall–Kier alpha value is -1.11. The Morgan fingerprint density at radius 1 is 1.24 bits per heavy atom. The van der Waals surface area contributed by atoms with E-state index in [9.17, 15) is 13.5 Å². The van der Waals surface area contributed by atoms with Crippen LogP contribution < -0.4 is 4.74 Å². The molecule has 0 unspecified atom stereocenters. The fourth-order valence-electron chi connectivity index (χ4n) is 1.55. The Kier molecular flexibility index (Phi) is 5.78. The van der Waals surface area contributed by atoms with E-state index in [1.807, 2.05) is 13.8 Å². The molecule has 0 fully saturated rings. The van der Waals surface area contributed by atoms with Crippen LogP contribution in [0.15, 0.2) is 29.2 Å². The molecule has 1 aromatic carbocycles. The first-order valence-corrected chi connectivity index (χ1v) is 8.38. The lowest BCUT2D eigenvalue weighted by Crippen LogP contribution is -2.47. The van der Waals surface area contributed by atoms with Crippen molar-refractivity contribution in [3.63, 3.8) is 0 Å². The molecule has 5 nitrogen and oxygen atoms in total. The predicted molar refractivity (Wildman–Crippen MR) is 82.9 cm³/mol. The molecule has 1 rings (SSSR count). The molecular formula is C15H25NO4S. The molecule has 0 heterocycles. The van der Waals surface area contributed by atoms with Gasteiger partial charge < -0.3 is 9.84 Å². The zero-order valence-corrected chi connectivity index (χ0v) is 14.1. The largest absolute Gasteiger partial charge is 0.493 e. The third kappa shape index (κ3) is 4.43. The summed E-state index contributed by atoms with van der Waals surface area (Å²) in [4.78, 5) is 0.184. The second-order valence-corrected chi connectivity index (χ2v) is 8.09. The predicted octanol–water partition coefficient (Wildman–Crippen LogP) is 2.11. The molecule has 0 aliphatic carbocycles. The molecule has 21 heavy (non-hydrogen) atoms. The molecule has 120 valence electrons. The molecule has 6 heteroatoms. The number of ether oxygens (including phenoxy) is 1. The van der Waals surface area contributed by atoms with Crippen molar-refractivity contribution in [3.05, 3.63) is 24.3 Å². The van der Waals surface area contributed by atoms with Gasteiger partial charge in [-0.3, -0.25) is 0 Å². The van der Waals surface area contributed by atoms with Gasteiger partial charge in [-0.05, 0) is 44.0 Å². The van der Waals surface area contributed by atoms with Crippen LogP contribution >= 0.6 is 0 Å². The third-order valence-corrected chi connectivity index (χ3v) is 5.39. The topological polar surface area (TPSA) is 66.8 Å². The van der Waals surface area contributed by atoms with Crippen LogP contribution in [-0.4, -0.2) is 43.6 Å². The van der Waals surface area contributed by atoms with Crippen molar-refractivity contribution in [1.29, 1.82) is 0 Å². The van der Waals surface area contributed by atoms with E-state index in [0.29, 0.717) is 18.3 Å². The van der Waals surface area contributed by atoms with Crippen molar-refractivity contribution in [2.45, 2.75) is 38.1 Å². The molecule has 0 saturated heterocycles. The number of nitrogens with zero attached hydrogens (tertiary/aromatic N) is 1. The Balaban J connectivity index is 2.95. The van der Waals surface area contributed by atoms with Crippen molar-refractivity contribution in [3.8, 4) is 5.75 Å². The third-order valence-electron chi connectivity index (χ3n) is 3.30. The Labute approximate surface area is 127 Å².